The van der Waals surface area contributed by atoms with E-state index >= 15 is 0 Å². The fraction of sp³-hybridized carbons (Fsp3) is 0.333. The van der Waals surface area contributed by atoms with Crippen LogP contribution in [0, 0.1) is 14.1 Å². The van der Waals surface area contributed by atoms with Gasteiger partial charge in [-0.2, -0.15) is 0 Å². The van der Waals surface area contributed by atoms with Crippen LogP contribution < -0.4 is 0 Å². The lowest BCUT2D eigenvalue weighted by Crippen LogP contribution is -2.12. The van der Waals surface area contributed by atoms with Crippen molar-refractivity contribution in [2.45, 2.75) is 38.5 Å². The average Bonchev–Trinajstić information content (AvgIpc) is 2.44. The molecule has 2 aromatic carbocycles. The fourth-order valence-corrected chi connectivity index (χ4v) is 5.11. The van der Waals surface area contributed by atoms with Gasteiger partial charge in [0.15, 0.2) is 0 Å². The van der Waals surface area contributed by atoms with Crippen LogP contribution in [-0.4, -0.2) is 5.11 Å². The lowest BCUT2D eigenvalue weighted by Gasteiger charge is -2.26. The summed E-state index contributed by atoms with van der Waals surface area (Å²) in [6.07, 6.45) is 4.67. The van der Waals surface area contributed by atoms with Crippen molar-refractivity contribution in [1.82, 2.24) is 0 Å². The summed E-state index contributed by atoms with van der Waals surface area (Å²) in [5, 5.41) is 9.67. The number of rotatable bonds is 2. The van der Waals surface area contributed by atoms with Crippen LogP contribution in [0.1, 0.15) is 41.0 Å². The first-order valence-corrected chi connectivity index (χ1v) is 9.46. The Bertz CT molecular complexity index is 656. The minimum absolute atomic E-state index is 0.397. The maximum atomic E-state index is 9.67. The molecule has 0 heterocycles. The first-order valence-electron chi connectivity index (χ1n) is 7.31. The summed E-state index contributed by atoms with van der Waals surface area (Å²) in [5.41, 5.74) is 5.58. The van der Waals surface area contributed by atoms with E-state index in [0.717, 1.165) is 12.8 Å². The van der Waals surface area contributed by atoms with Crippen LogP contribution in [0.5, 0.6) is 5.75 Å². The van der Waals surface area contributed by atoms with Crippen molar-refractivity contribution in [3.8, 4) is 5.75 Å². The molecule has 110 valence electrons. The molecule has 0 saturated heterocycles. The predicted molar refractivity (Wildman–Crippen MR) is 104 cm³/mol. The molecule has 1 N–H and O–H groups in total. The van der Waals surface area contributed by atoms with Crippen LogP contribution >= 0.6 is 45.2 Å². The van der Waals surface area contributed by atoms with Gasteiger partial charge in [0.05, 0.1) is 0 Å². The smallest absolute Gasteiger partial charge is 0.115 e. The largest absolute Gasteiger partial charge is 0.508 e. The quantitative estimate of drug-likeness (QED) is 0.531. The summed E-state index contributed by atoms with van der Waals surface area (Å²) < 4.78 is 2.72. The summed E-state index contributed by atoms with van der Waals surface area (Å²) in [4.78, 5) is 0. The predicted octanol–water partition coefficient (Wildman–Crippen LogP) is 5.57. The van der Waals surface area contributed by atoms with Crippen molar-refractivity contribution >= 4 is 45.2 Å². The van der Waals surface area contributed by atoms with Crippen LogP contribution in [0.3, 0.4) is 0 Å². The third kappa shape index (κ3) is 3.38. The molecule has 1 atom stereocenters. The summed E-state index contributed by atoms with van der Waals surface area (Å²) in [5.74, 6) is 0.984. The van der Waals surface area contributed by atoms with E-state index < -0.39 is 0 Å². The summed E-state index contributed by atoms with van der Waals surface area (Å²) in [7, 11) is 0. The molecule has 3 rings (SSSR count). The van der Waals surface area contributed by atoms with E-state index in [9.17, 15) is 5.11 Å². The van der Waals surface area contributed by atoms with Crippen molar-refractivity contribution in [3.63, 3.8) is 0 Å². The fourth-order valence-electron chi connectivity index (χ4n) is 3.21. The summed E-state index contributed by atoms with van der Waals surface area (Å²) in [6, 6.07) is 10.6. The van der Waals surface area contributed by atoms with Crippen molar-refractivity contribution in [2.75, 3.05) is 0 Å². The normalized spacial score (nSPS) is 17.6. The Kier molecular flexibility index (Phi) is 4.78. The van der Waals surface area contributed by atoms with E-state index in [2.05, 4.69) is 70.3 Å². The standard InChI is InChI=1S/C18H18I2O/c1-11-17(19)8-12(9-18(11)20)7-13-3-2-4-14-10-15(21)5-6-16(13)14/h5-6,8-10,13,21H,2-4,7H2,1H3. The number of fused-ring (bicyclic) bond motifs is 1. The number of benzene rings is 2. The average molecular weight is 504 g/mol. The molecule has 0 saturated carbocycles. The molecule has 1 aliphatic rings. The Morgan fingerprint density at radius 3 is 2.57 bits per heavy atom. The van der Waals surface area contributed by atoms with Gasteiger partial charge in [-0.15, -0.1) is 0 Å². The third-order valence-electron chi connectivity index (χ3n) is 4.39. The van der Waals surface area contributed by atoms with Crippen LogP contribution in [0.15, 0.2) is 30.3 Å². The van der Waals surface area contributed by atoms with Gasteiger partial charge < -0.3 is 5.11 Å². The molecule has 0 amide bonds. The van der Waals surface area contributed by atoms with E-state index in [1.807, 2.05) is 12.1 Å². The minimum atomic E-state index is 0.397. The SMILES string of the molecule is Cc1c(I)cc(CC2CCCc3cc(O)ccc32)cc1I. The van der Waals surface area contributed by atoms with Crippen molar-refractivity contribution < 1.29 is 5.11 Å². The van der Waals surface area contributed by atoms with Gasteiger partial charge in [0.25, 0.3) is 0 Å². The van der Waals surface area contributed by atoms with Crippen LogP contribution in [0.2, 0.25) is 0 Å². The zero-order chi connectivity index (χ0) is 15.0. The van der Waals surface area contributed by atoms with Crippen LogP contribution in [-0.2, 0) is 12.8 Å². The maximum Gasteiger partial charge on any atom is 0.115 e. The first kappa shape index (κ1) is 15.6. The lowest BCUT2D eigenvalue weighted by atomic mass is 9.79. The highest BCUT2D eigenvalue weighted by atomic mass is 127. The highest BCUT2D eigenvalue weighted by Crippen LogP contribution is 2.36. The summed E-state index contributed by atoms with van der Waals surface area (Å²) in [6.45, 7) is 2.19. The Balaban J connectivity index is 1.90. The molecular weight excluding hydrogens is 486 g/mol. The molecule has 0 bridgehead atoms. The molecule has 0 radical (unpaired) electrons. The zero-order valence-electron chi connectivity index (χ0n) is 12.0. The molecule has 0 fully saturated rings. The van der Waals surface area contributed by atoms with E-state index in [0.29, 0.717) is 11.7 Å². The minimum Gasteiger partial charge on any atom is -0.508 e. The number of halogens is 2. The Morgan fingerprint density at radius 1 is 1.14 bits per heavy atom. The monoisotopic (exact) mass is 504 g/mol. The number of hydrogen-bond acceptors (Lipinski definition) is 1. The first-order chi connectivity index (χ1) is 10.0. The van der Waals surface area contributed by atoms with Crippen LogP contribution in [0.25, 0.3) is 0 Å². The van der Waals surface area contributed by atoms with Gasteiger partial charge in [-0.25, -0.2) is 0 Å². The number of aryl methyl sites for hydroxylation is 1. The van der Waals surface area contributed by atoms with Gasteiger partial charge in [0.2, 0.25) is 0 Å². The van der Waals surface area contributed by atoms with Crippen molar-refractivity contribution in [1.29, 1.82) is 0 Å². The molecule has 1 nitrogen and oxygen atoms in total. The number of phenolic OH excluding ortho intramolecular Hbond substituents is 1. The van der Waals surface area contributed by atoms with Gasteiger partial charge in [-0.3, -0.25) is 0 Å². The molecule has 21 heavy (non-hydrogen) atoms. The zero-order valence-corrected chi connectivity index (χ0v) is 16.3. The van der Waals surface area contributed by atoms with Gasteiger partial charge >= 0.3 is 0 Å². The second kappa shape index (κ2) is 6.44. The van der Waals surface area contributed by atoms with Gasteiger partial charge in [-0.1, -0.05) is 6.07 Å². The molecule has 1 unspecified atom stereocenters. The summed E-state index contributed by atoms with van der Waals surface area (Å²) >= 11 is 4.87. The Hall–Kier alpha value is -0.300. The number of aromatic hydroxyl groups is 1. The van der Waals surface area contributed by atoms with Gasteiger partial charge in [0, 0.05) is 7.14 Å². The molecule has 0 aliphatic heterocycles. The topological polar surface area (TPSA) is 20.2 Å². The van der Waals surface area contributed by atoms with Crippen molar-refractivity contribution in [2.24, 2.45) is 0 Å². The second-order valence-electron chi connectivity index (χ2n) is 5.86. The molecule has 0 spiro atoms. The van der Waals surface area contributed by atoms with Gasteiger partial charge in [-0.05, 0) is 130 Å². The molecule has 1 aliphatic carbocycles. The van der Waals surface area contributed by atoms with Gasteiger partial charge in [0.1, 0.15) is 5.75 Å². The third-order valence-corrected chi connectivity index (χ3v) is 6.63. The lowest BCUT2D eigenvalue weighted by molar-refractivity contribution is 0.471. The highest BCUT2D eigenvalue weighted by molar-refractivity contribution is 14.1. The molecule has 3 heteroatoms. The van der Waals surface area contributed by atoms with Crippen molar-refractivity contribution in [3.05, 3.63) is 59.7 Å². The second-order valence-corrected chi connectivity index (χ2v) is 8.19. The van der Waals surface area contributed by atoms with E-state index in [4.69, 9.17) is 0 Å². The van der Waals surface area contributed by atoms with Crippen LogP contribution in [0.4, 0.5) is 0 Å². The van der Waals surface area contributed by atoms with E-state index in [1.165, 1.54) is 42.2 Å². The highest BCUT2D eigenvalue weighted by Gasteiger charge is 2.21. The molecular formula is C18H18I2O. The number of hydrogen-bond donors (Lipinski definition) is 1. The Morgan fingerprint density at radius 2 is 1.86 bits per heavy atom. The number of phenols is 1. The maximum absolute atomic E-state index is 9.67. The molecule has 0 aromatic heterocycles. The Labute approximate surface area is 153 Å². The van der Waals surface area contributed by atoms with E-state index in [1.54, 1.807) is 0 Å². The molecule has 2 aromatic rings. The van der Waals surface area contributed by atoms with E-state index in [-0.39, 0.29) is 0 Å².